The number of fused-ring (bicyclic) bond motifs is 1. The van der Waals surface area contributed by atoms with Gasteiger partial charge >= 0.3 is 0 Å². The first-order valence-corrected chi connectivity index (χ1v) is 6.93. The summed E-state index contributed by atoms with van der Waals surface area (Å²) in [6.07, 6.45) is 7.90. The van der Waals surface area contributed by atoms with E-state index in [1.807, 2.05) is 0 Å². The highest BCUT2D eigenvalue weighted by Crippen LogP contribution is 2.44. The van der Waals surface area contributed by atoms with Crippen molar-refractivity contribution in [2.75, 3.05) is 0 Å². The molecule has 1 atom stereocenters. The second-order valence-corrected chi connectivity index (χ2v) is 5.69. The third-order valence-corrected chi connectivity index (χ3v) is 4.31. The quantitative estimate of drug-likeness (QED) is 0.761. The molecule has 2 aliphatic rings. The van der Waals surface area contributed by atoms with Crippen LogP contribution in [-0.4, -0.2) is 5.60 Å². The fraction of sp³-hybridized carbons (Fsp3) is 0.600. The summed E-state index contributed by atoms with van der Waals surface area (Å²) >= 11 is 0. The highest BCUT2D eigenvalue weighted by Gasteiger charge is 2.39. The third-order valence-electron chi connectivity index (χ3n) is 4.31. The molecule has 0 unspecified atom stereocenters. The monoisotopic (exact) mass is 249 g/mol. The molecule has 1 fully saturated rings. The van der Waals surface area contributed by atoms with Crippen LogP contribution in [0.25, 0.3) is 0 Å². The number of nitrogens with two attached hydrogens (primary N) is 1. The van der Waals surface area contributed by atoms with Crippen molar-refractivity contribution >= 4 is 0 Å². The molecule has 1 aliphatic heterocycles. The van der Waals surface area contributed by atoms with Crippen LogP contribution >= 0.6 is 0 Å². The largest absolute Gasteiger partial charge is 0.487 e. The fourth-order valence-corrected chi connectivity index (χ4v) is 3.37. The molecule has 2 nitrogen and oxygen atoms in total. The molecule has 2 N–H and O–H groups in total. The number of halogens is 1. The molecule has 98 valence electrons. The van der Waals surface area contributed by atoms with Gasteiger partial charge in [-0.05, 0) is 31.7 Å². The Labute approximate surface area is 107 Å². The van der Waals surface area contributed by atoms with Crippen molar-refractivity contribution in [1.82, 2.24) is 0 Å². The van der Waals surface area contributed by atoms with Crippen LogP contribution in [-0.2, 0) is 0 Å². The van der Waals surface area contributed by atoms with E-state index in [4.69, 9.17) is 10.5 Å². The predicted octanol–water partition coefficient (Wildman–Crippen LogP) is 3.70. The Morgan fingerprint density at radius 3 is 2.61 bits per heavy atom. The Kier molecular flexibility index (Phi) is 3.02. The van der Waals surface area contributed by atoms with E-state index >= 15 is 0 Å². The zero-order valence-corrected chi connectivity index (χ0v) is 10.6. The average Bonchev–Trinajstić information content (AvgIpc) is 2.54. The summed E-state index contributed by atoms with van der Waals surface area (Å²) in [5.41, 5.74) is 7.06. The van der Waals surface area contributed by atoms with Crippen LogP contribution in [0, 0.1) is 5.82 Å². The van der Waals surface area contributed by atoms with Crippen LogP contribution in [0.15, 0.2) is 18.2 Å². The molecule has 3 rings (SSSR count). The zero-order chi connectivity index (χ0) is 12.6. The highest BCUT2D eigenvalue weighted by molar-refractivity contribution is 5.39. The molecule has 1 aromatic rings. The SMILES string of the molecule is N[C@H]1CC2(CCCCCC2)Oc2cc(F)ccc21. The van der Waals surface area contributed by atoms with E-state index in [-0.39, 0.29) is 17.5 Å². The summed E-state index contributed by atoms with van der Waals surface area (Å²) < 4.78 is 19.5. The molecular formula is C15H20FNO. The van der Waals surface area contributed by atoms with E-state index in [2.05, 4.69) is 0 Å². The van der Waals surface area contributed by atoms with Gasteiger partial charge < -0.3 is 10.5 Å². The average molecular weight is 249 g/mol. The molecule has 1 heterocycles. The lowest BCUT2D eigenvalue weighted by molar-refractivity contribution is 0.0210. The predicted molar refractivity (Wildman–Crippen MR) is 69.0 cm³/mol. The minimum Gasteiger partial charge on any atom is -0.487 e. The van der Waals surface area contributed by atoms with Gasteiger partial charge in [0, 0.05) is 24.1 Å². The summed E-state index contributed by atoms with van der Waals surface area (Å²) in [4.78, 5) is 0. The van der Waals surface area contributed by atoms with Gasteiger partial charge in [0.05, 0.1) is 0 Å². The van der Waals surface area contributed by atoms with E-state index in [0.717, 1.165) is 24.8 Å². The van der Waals surface area contributed by atoms with Crippen molar-refractivity contribution in [3.8, 4) is 5.75 Å². The Hall–Kier alpha value is -1.09. The molecule has 0 radical (unpaired) electrons. The maximum atomic E-state index is 13.3. The Morgan fingerprint density at radius 2 is 1.89 bits per heavy atom. The van der Waals surface area contributed by atoms with Crippen molar-refractivity contribution in [1.29, 1.82) is 0 Å². The lowest BCUT2D eigenvalue weighted by Crippen LogP contribution is -2.42. The summed E-state index contributed by atoms with van der Waals surface area (Å²) in [5.74, 6) is 0.419. The lowest BCUT2D eigenvalue weighted by Gasteiger charge is -2.41. The molecule has 0 amide bonds. The van der Waals surface area contributed by atoms with Crippen LogP contribution < -0.4 is 10.5 Å². The van der Waals surface area contributed by atoms with Gasteiger partial charge in [-0.3, -0.25) is 0 Å². The standard InChI is InChI=1S/C15H20FNO/c16-11-5-6-12-13(17)10-15(18-14(12)9-11)7-3-1-2-4-8-15/h5-6,9,13H,1-4,7-8,10,17H2/t13-/m0/s1. The minimum atomic E-state index is -0.244. The van der Waals surface area contributed by atoms with E-state index in [1.165, 1.54) is 37.8 Å². The van der Waals surface area contributed by atoms with Crippen molar-refractivity contribution < 1.29 is 9.13 Å². The molecule has 0 bridgehead atoms. The minimum absolute atomic E-state index is 0.0209. The highest BCUT2D eigenvalue weighted by atomic mass is 19.1. The molecule has 18 heavy (non-hydrogen) atoms. The molecule has 3 heteroatoms. The first-order chi connectivity index (χ1) is 8.69. The zero-order valence-electron chi connectivity index (χ0n) is 10.6. The van der Waals surface area contributed by atoms with Crippen molar-refractivity contribution in [2.24, 2.45) is 5.73 Å². The van der Waals surface area contributed by atoms with Gasteiger partial charge in [-0.2, -0.15) is 0 Å². The van der Waals surface area contributed by atoms with Gasteiger partial charge in [0.25, 0.3) is 0 Å². The van der Waals surface area contributed by atoms with Crippen LogP contribution in [0.3, 0.4) is 0 Å². The molecule has 1 aliphatic carbocycles. The van der Waals surface area contributed by atoms with Gasteiger partial charge in [0.1, 0.15) is 17.2 Å². The molecule has 0 saturated heterocycles. The van der Waals surface area contributed by atoms with Gasteiger partial charge in [0.15, 0.2) is 0 Å². The summed E-state index contributed by atoms with van der Waals surface area (Å²) in [7, 11) is 0. The van der Waals surface area contributed by atoms with Gasteiger partial charge in [-0.25, -0.2) is 4.39 Å². The maximum Gasteiger partial charge on any atom is 0.127 e. The third kappa shape index (κ3) is 2.12. The van der Waals surface area contributed by atoms with E-state index in [0.29, 0.717) is 5.75 Å². The lowest BCUT2D eigenvalue weighted by atomic mass is 9.82. The number of ether oxygens (including phenoxy) is 1. The van der Waals surface area contributed by atoms with Gasteiger partial charge in [0.2, 0.25) is 0 Å². The van der Waals surface area contributed by atoms with Crippen LogP contribution in [0.4, 0.5) is 4.39 Å². The van der Waals surface area contributed by atoms with Gasteiger partial charge in [-0.15, -0.1) is 0 Å². The molecule has 1 saturated carbocycles. The van der Waals surface area contributed by atoms with Crippen LogP contribution in [0.5, 0.6) is 5.75 Å². The topological polar surface area (TPSA) is 35.2 Å². The second-order valence-electron chi connectivity index (χ2n) is 5.69. The maximum absolute atomic E-state index is 13.3. The summed E-state index contributed by atoms with van der Waals surface area (Å²) in [6, 6.07) is 4.69. The smallest absolute Gasteiger partial charge is 0.127 e. The van der Waals surface area contributed by atoms with E-state index in [9.17, 15) is 4.39 Å². The van der Waals surface area contributed by atoms with Crippen LogP contribution in [0.1, 0.15) is 56.6 Å². The van der Waals surface area contributed by atoms with Crippen molar-refractivity contribution in [2.45, 2.75) is 56.6 Å². The molecule has 1 aromatic carbocycles. The number of rotatable bonds is 0. The molecule has 0 aromatic heterocycles. The van der Waals surface area contributed by atoms with Gasteiger partial charge in [-0.1, -0.05) is 18.9 Å². The Bertz CT molecular complexity index is 438. The number of hydrogen-bond acceptors (Lipinski definition) is 2. The Balaban J connectivity index is 1.93. The molecule has 1 spiro atoms. The summed E-state index contributed by atoms with van der Waals surface area (Å²) in [5, 5.41) is 0. The second kappa shape index (κ2) is 4.54. The van der Waals surface area contributed by atoms with Crippen molar-refractivity contribution in [3.05, 3.63) is 29.6 Å². The van der Waals surface area contributed by atoms with Crippen LogP contribution in [0.2, 0.25) is 0 Å². The summed E-state index contributed by atoms with van der Waals surface area (Å²) in [6.45, 7) is 0. The first-order valence-electron chi connectivity index (χ1n) is 6.93. The number of benzene rings is 1. The normalized spacial score (nSPS) is 26.2. The van der Waals surface area contributed by atoms with Crippen molar-refractivity contribution in [3.63, 3.8) is 0 Å². The number of hydrogen-bond donors (Lipinski definition) is 1. The first kappa shape index (κ1) is 12.0. The fourth-order valence-electron chi connectivity index (χ4n) is 3.37. The van der Waals surface area contributed by atoms with E-state index in [1.54, 1.807) is 6.07 Å². The molecular weight excluding hydrogens is 229 g/mol. The Morgan fingerprint density at radius 1 is 1.17 bits per heavy atom. The van der Waals surface area contributed by atoms with E-state index < -0.39 is 0 Å².